The smallest absolute Gasteiger partial charge is 0.178 e. The first-order chi connectivity index (χ1) is 10.1. The third kappa shape index (κ3) is 3.43. The minimum Gasteiger partial charge on any atom is -0.353 e. The van der Waals surface area contributed by atoms with E-state index in [1.54, 1.807) is 12.1 Å². The first-order valence-corrected chi connectivity index (χ1v) is 8.75. The first-order valence-electron chi connectivity index (χ1n) is 7.10. The Balaban J connectivity index is 1.76. The van der Waals surface area contributed by atoms with Crippen LogP contribution in [0.1, 0.15) is 12.8 Å². The molecule has 0 radical (unpaired) electrons. The van der Waals surface area contributed by atoms with E-state index < -0.39 is 16.1 Å². The molecule has 0 bridgehead atoms. The zero-order valence-electron chi connectivity index (χ0n) is 11.7. The van der Waals surface area contributed by atoms with Crippen molar-refractivity contribution in [3.8, 4) is 0 Å². The number of sulfone groups is 1. The first kappa shape index (κ1) is 14.5. The van der Waals surface area contributed by atoms with Crippen LogP contribution < -0.4 is 0 Å². The molecule has 0 aromatic heterocycles. The lowest BCUT2D eigenvalue weighted by Crippen LogP contribution is -2.27. The summed E-state index contributed by atoms with van der Waals surface area (Å²) in [5.41, 5.74) is 0. The summed E-state index contributed by atoms with van der Waals surface area (Å²) < 4.78 is 35.6. The molecule has 5 heteroatoms. The van der Waals surface area contributed by atoms with Crippen molar-refractivity contribution in [2.45, 2.75) is 24.0 Å². The second kappa shape index (κ2) is 6.13. The molecular weight excluding hydrogens is 288 g/mol. The molecule has 1 saturated heterocycles. The Labute approximate surface area is 124 Å². The monoisotopic (exact) mass is 306 g/mol. The molecule has 2 aromatic carbocycles. The summed E-state index contributed by atoms with van der Waals surface area (Å²) in [5.74, 6) is 0.0377. The SMILES string of the molecule is O=S(=O)(CCC1OCCCO1)c1ccc2ccccc2c1. The van der Waals surface area contributed by atoms with Crippen LogP contribution in [-0.4, -0.2) is 33.7 Å². The molecule has 2 aromatic rings. The van der Waals surface area contributed by atoms with Crippen molar-refractivity contribution < 1.29 is 17.9 Å². The fraction of sp³-hybridized carbons (Fsp3) is 0.375. The van der Waals surface area contributed by atoms with Gasteiger partial charge in [0.15, 0.2) is 16.1 Å². The zero-order valence-corrected chi connectivity index (χ0v) is 12.5. The molecule has 112 valence electrons. The van der Waals surface area contributed by atoms with Crippen molar-refractivity contribution in [2.24, 2.45) is 0 Å². The van der Waals surface area contributed by atoms with Gasteiger partial charge < -0.3 is 9.47 Å². The zero-order chi connectivity index (χ0) is 14.7. The molecule has 0 unspecified atom stereocenters. The summed E-state index contributed by atoms with van der Waals surface area (Å²) in [7, 11) is -3.31. The largest absolute Gasteiger partial charge is 0.353 e. The minimum atomic E-state index is -3.31. The van der Waals surface area contributed by atoms with Crippen LogP contribution in [0.15, 0.2) is 47.4 Å². The summed E-state index contributed by atoms with van der Waals surface area (Å²) in [4.78, 5) is 0.358. The molecule has 3 rings (SSSR count). The van der Waals surface area contributed by atoms with Crippen LogP contribution in [-0.2, 0) is 19.3 Å². The highest BCUT2D eigenvalue weighted by atomic mass is 32.2. The van der Waals surface area contributed by atoms with Gasteiger partial charge in [0, 0.05) is 6.42 Å². The molecule has 0 aliphatic carbocycles. The Bertz CT molecular complexity index is 718. The van der Waals surface area contributed by atoms with Crippen LogP contribution >= 0.6 is 0 Å². The van der Waals surface area contributed by atoms with Gasteiger partial charge in [0.05, 0.1) is 23.9 Å². The number of hydrogen-bond acceptors (Lipinski definition) is 4. The Morgan fingerprint density at radius 2 is 1.71 bits per heavy atom. The summed E-state index contributed by atoms with van der Waals surface area (Å²) in [6.07, 6.45) is 0.845. The Morgan fingerprint density at radius 1 is 1.00 bits per heavy atom. The number of fused-ring (bicyclic) bond motifs is 1. The van der Waals surface area contributed by atoms with Crippen LogP contribution in [0.2, 0.25) is 0 Å². The van der Waals surface area contributed by atoms with E-state index >= 15 is 0 Å². The quantitative estimate of drug-likeness (QED) is 0.871. The maximum absolute atomic E-state index is 12.4. The predicted molar refractivity (Wildman–Crippen MR) is 80.9 cm³/mol. The highest BCUT2D eigenvalue weighted by Gasteiger charge is 2.20. The summed E-state index contributed by atoms with van der Waals surface area (Å²) >= 11 is 0. The maximum atomic E-state index is 12.4. The molecule has 1 aliphatic heterocycles. The van der Waals surface area contributed by atoms with Crippen molar-refractivity contribution in [3.63, 3.8) is 0 Å². The van der Waals surface area contributed by atoms with E-state index in [9.17, 15) is 8.42 Å². The number of ether oxygens (including phenoxy) is 2. The molecule has 0 saturated carbocycles. The second-order valence-corrected chi connectivity index (χ2v) is 7.25. The van der Waals surface area contributed by atoms with E-state index in [2.05, 4.69) is 0 Å². The third-order valence-electron chi connectivity index (χ3n) is 3.60. The molecule has 1 fully saturated rings. The van der Waals surface area contributed by atoms with Gasteiger partial charge in [-0.3, -0.25) is 0 Å². The second-order valence-electron chi connectivity index (χ2n) is 5.14. The summed E-state index contributed by atoms with van der Waals surface area (Å²) in [6, 6.07) is 13.0. The molecule has 0 amide bonds. The van der Waals surface area contributed by atoms with Gasteiger partial charge in [-0.1, -0.05) is 30.3 Å². The standard InChI is InChI=1S/C16H18O4S/c17-21(18,11-8-16-19-9-3-10-20-16)15-7-6-13-4-1-2-5-14(13)12-15/h1-2,4-7,12,16H,3,8-11H2. The molecule has 0 spiro atoms. The summed E-state index contributed by atoms with van der Waals surface area (Å²) in [6.45, 7) is 1.28. The number of rotatable bonds is 4. The molecule has 1 aliphatic rings. The van der Waals surface area contributed by atoms with E-state index in [-0.39, 0.29) is 5.75 Å². The lowest BCUT2D eigenvalue weighted by Gasteiger charge is -2.22. The summed E-state index contributed by atoms with van der Waals surface area (Å²) in [5, 5.41) is 1.97. The van der Waals surface area contributed by atoms with Gasteiger partial charge in [0.25, 0.3) is 0 Å². The minimum absolute atomic E-state index is 0.0377. The highest BCUT2D eigenvalue weighted by Crippen LogP contribution is 2.21. The molecule has 1 heterocycles. The van der Waals surface area contributed by atoms with Crippen LogP contribution in [0.5, 0.6) is 0 Å². The van der Waals surface area contributed by atoms with Gasteiger partial charge in [0.2, 0.25) is 0 Å². The van der Waals surface area contributed by atoms with Gasteiger partial charge in [0.1, 0.15) is 0 Å². The highest BCUT2D eigenvalue weighted by molar-refractivity contribution is 7.91. The van der Waals surface area contributed by atoms with Crippen LogP contribution in [0.25, 0.3) is 10.8 Å². The normalized spacial score (nSPS) is 17.1. The van der Waals surface area contributed by atoms with E-state index in [0.29, 0.717) is 24.5 Å². The molecule has 4 nitrogen and oxygen atoms in total. The van der Waals surface area contributed by atoms with Crippen molar-refractivity contribution >= 4 is 20.6 Å². The van der Waals surface area contributed by atoms with Crippen molar-refractivity contribution in [1.29, 1.82) is 0 Å². The van der Waals surface area contributed by atoms with E-state index in [4.69, 9.17) is 9.47 Å². The van der Waals surface area contributed by atoms with Crippen LogP contribution in [0.3, 0.4) is 0 Å². The molecule has 0 atom stereocenters. The Hall–Kier alpha value is -1.43. The van der Waals surface area contributed by atoms with Crippen LogP contribution in [0.4, 0.5) is 0 Å². The van der Waals surface area contributed by atoms with Crippen LogP contribution in [0, 0.1) is 0 Å². The molecular formula is C16H18O4S. The van der Waals surface area contributed by atoms with Crippen molar-refractivity contribution in [2.75, 3.05) is 19.0 Å². The van der Waals surface area contributed by atoms with Gasteiger partial charge in [-0.05, 0) is 29.3 Å². The average molecular weight is 306 g/mol. The fourth-order valence-corrected chi connectivity index (χ4v) is 3.75. The average Bonchev–Trinajstić information content (AvgIpc) is 2.53. The lowest BCUT2D eigenvalue weighted by atomic mass is 10.1. The number of hydrogen-bond donors (Lipinski definition) is 0. The maximum Gasteiger partial charge on any atom is 0.178 e. The van der Waals surface area contributed by atoms with Crippen molar-refractivity contribution in [3.05, 3.63) is 42.5 Å². The topological polar surface area (TPSA) is 52.6 Å². The van der Waals surface area contributed by atoms with E-state index in [1.807, 2.05) is 30.3 Å². The fourth-order valence-electron chi connectivity index (χ4n) is 2.43. The van der Waals surface area contributed by atoms with E-state index in [0.717, 1.165) is 17.2 Å². The van der Waals surface area contributed by atoms with Gasteiger partial charge >= 0.3 is 0 Å². The van der Waals surface area contributed by atoms with Gasteiger partial charge in [-0.25, -0.2) is 8.42 Å². The predicted octanol–water partition coefficient (Wildman–Crippen LogP) is 2.77. The Kier molecular flexibility index (Phi) is 4.24. The molecule has 0 N–H and O–H groups in total. The number of benzene rings is 2. The van der Waals surface area contributed by atoms with Gasteiger partial charge in [-0.15, -0.1) is 0 Å². The Morgan fingerprint density at radius 3 is 2.48 bits per heavy atom. The van der Waals surface area contributed by atoms with Crippen molar-refractivity contribution in [1.82, 2.24) is 0 Å². The molecule has 21 heavy (non-hydrogen) atoms. The van der Waals surface area contributed by atoms with Gasteiger partial charge in [-0.2, -0.15) is 0 Å². The lowest BCUT2D eigenvalue weighted by molar-refractivity contribution is -0.178. The van der Waals surface area contributed by atoms with E-state index in [1.165, 1.54) is 0 Å². The third-order valence-corrected chi connectivity index (χ3v) is 5.34.